The molecule has 1 aromatic heterocycles. The van der Waals surface area contributed by atoms with Gasteiger partial charge in [-0.25, -0.2) is 9.97 Å². The molecule has 1 aliphatic rings. The van der Waals surface area contributed by atoms with Gasteiger partial charge < -0.3 is 15.5 Å². The van der Waals surface area contributed by atoms with E-state index in [4.69, 9.17) is 0 Å². The van der Waals surface area contributed by atoms with Crippen LogP contribution < -0.4 is 20.9 Å². The van der Waals surface area contributed by atoms with E-state index >= 15 is 0 Å². The predicted molar refractivity (Wildman–Crippen MR) is 129 cm³/mol. The first-order chi connectivity index (χ1) is 16.1. The maximum atomic E-state index is 12.4. The number of anilines is 3. The van der Waals surface area contributed by atoms with Crippen molar-refractivity contribution in [2.24, 2.45) is 0 Å². The molecule has 3 N–H and O–H groups in total. The number of nitriles is 1. The minimum Gasteiger partial charge on any atom is -0.339 e. The number of nitrogens with one attached hydrogen (secondary N) is 3. The third kappa shape index (κ3) is 4.84. The lowest BCUT2D eigenvalue weighted by molar-refractivity contribution is -0.115. The van der Waals surface area contributed by atoms with Crippen LogP contribution in [0, 0.1) is 18.3 Å². The van der Waals surface area contributed by atoms with Crippen molar-refractivity contribution in [3.05, 3.63) is 83.4 Å². The van der Waals surface area contributed by atoms with E-state index < -0.39 is 0 Å². The van der Waals surface area contributed by atoms with Crippen molar-refractivity contribution in [2.45, 2.75) is 20.4 Å². The number of hydrogen-bond acceptors (Lipinski definition) is 7. The third-order valence-corrected chi connectivity index (χ3v) is 5.30. The summed E-state index contributed by atoms with van der Waals surface area (Å²) in [5.41, 5.74) is 4.65. The van der Waals surface area contributed by atoms with Crippen LogP contribution in [0.5, 0.6) is 0 Å². The van der Waals surface area contributed by atoms with Crippen LogP contribution >= 0.6 is 0 Å². The zero-order valence-corrected chi connectivity index (χ0v) is 18.6. The number of rotatable bonds is 7. The molecule has 3 aromatic rings. The highest BCUT2D eigenvalue weighted by molar-refractivity contribution is 5.93. The molecule has 0 saturated heterocycles. The first-order valence-corrected chi connectivity index (χ1v) is 10.8. The highest BCUT2D eigenvalue weighted by atomic mass is 16.2. The number of carbonyl (C=O) groups is 1. The first-order valence-electron chi connectivity index (χ1n) is 10.8. The van der Waals surface area contributed by atoms with Gasteiger partial charge >= 0.3 is 0 Å². The SMILES string of the molecule is CCN1C(=C(C#N)c2nc(NC(=O)CNCc3ccccc3)ncc2C)Nc2ccccc21. The fourth-order valence-electron chi connectivity index (χ4n) is 3.71. The number of allylic oxidation sites excluding steroid dienone is 1. The quantitative estimate of drug-likeness (QED) is 0.483. The normalized spacial score (nSPS) is 13.7. The Morgan fingerprint density at radius 1 is 1.15 bits per heavy atom. The molecule has 2 aromatic carbocycles. The Balaban J connectivity index is 1.52. The van der Waals surface area contributed by atoms with E-state index in [1.165, 1.54) is 0 Å². The molecule has 8 heteroatoms. The Morgan fingerprint density at radius 2 is 1.91 bits per heavy atom. The molecule has 0 spiro atoms. The zero-order valence-electron chi connectivity index (χ0n) is 18.6. The second-order valence-corrected chi connectivity index (χ2v) is 7.58. The molecule has 2 heterocycles. The number of amides is 1. The summed E-state index contributed by atoms with van der Waals surface area (Å²) in [6, 6.07) is 20.0. The molecular weight excluding hydrogens is 414 g/mol. The lowest BCUT2D eigenvalue weighted by Crippen LogP contribution is -2.28. The standard InChI is InChI=1S/C25H25N7O/c1-3-32-21-12-8-7-11-20(21)29-24(32)19(13-26)23-17(2)14-28-25(31-23)30-22(33)16-27-15-18-9-5-4-6-10-18/h4-12,14,27,29H,3,15-16H2,1-2H3,(H,28,30,31,33). The third-order valence-electron chi connectivity index (χ3n) is 5.30. The van der Waals surface area contributed by atoms with Gasteiger partial charge in [-0.15, -0.1) is 0 Å². The average Bonchev–Trinajstić information content (AvgIpc) is 3.20. The lowest BCUT2D eigenvalue weighted by atomic mass is 10.1. The number of fused-ring (bicyclic) bond motifs is 1. The number of aryl methyl sites for hydroxylation is 1. The second-order valence-electron chi connectivity index (χ2n) is 7.58. The Hall–Kier alpha value is -4.22. The number of nitrogens with zero attached hydrogens (tertiary/aromatic N) is 4. The summed E-state index contributed by atoms with van der Waals surface area (Å²) >= 11 is 0. The Labute approximate surface area is 193 Å². The van der Waals surface area contributed by atoms with Gasteiger partial charge in [0.1, 0.15) is 17.5 Å². The van der Waals surface area contributed by atoms with Crippen LogP contribution in [0.2, 0.25) is 0 Å². The van der Waals surface area contributed by atoms with Crippen LogP contribution in [-0.2, 0) is 11.3 Å². The van der Waals surface area contributed by atoms with Gasteiger partial charge in [-0.2, -0.15) is 5.26 Å². The molecule has 33 heavy (non-hydrogen) atoms. The molecule has 0 aliphatic carbocycles. The van der Waals surface area contributed by atoms with Crippen molar-refractivity contribution in [2.75, 3.05) is 28.6 Å². The summed E-state index contributed by atoms with van der Waals surface area (Å²) in [6.07, 6.45) is 1.62. The van der Waals surface area contributed by atoms with Crippen LogP contribution in [-0.4, -0.2) is 29.0 Å². The fourth-order valence-corrected chi connectivity index (χ4v) is 3.71. The number of aromatic nitrogens is 2. The van der Waals surface area contributed by atoms with E-state index in [0.717, 1.165) is 22.5 Å². The smallest absolute Gasteiger partial charge is 0.240 e. The highest BCUT2D eigenvalue weighted by Crippen LogP contribution is 2.38. The summed E-state index contributed by atoms with van der Waals surface area (Å²) in [7, 11) is 0. The van der Waals surface area contributed by atoms with Crippen LogP contribution in [0.4, 0.5) is 17.3 Å². The predicted octanol–water partition coefficient (Wildman–Crippen LogP) is 3.66. The molecule has 0 atom stereocenters. The van der Waals surface area contributed by atoms with E-state index in [2.05, 4.69) is 32.0 Å². The summed E-state index contributed by atoms with van der Waals surface area (Å²) < 4.78 is 0. The van der Waals surface area contributed by atoms with Crippen molar-refractivity contribution < 1.29 is 4.79 Å². The highest BCUT2D eigenvalue weighted by Gasteiger charge is 2.27. The van der Waals surface area contributed by atoms with Crippen molar-refractivity contribution in [1.29, 1.82) is 5.26 Å². The Morgan fingerprint density at radius 3 is 2.67 bits per heavy atom. The molecule has 0 saturated carbocycles. The molecular formula is C25H25N7O. The van der Waals surface area contributed by atoms with E-state index in [1.54, 1.807) is 6.20 Å². The summed E-state index contributed by atoms with van der Waals surface area (Å²) in [5.74, 6) is 0.576. The van der Waals surface area contributed by atoms with Crippen molar-refractivity contribution in [3.63, 3.8) is 0 Å². The molecule has 8 nitrogen and oxygen atoms in total. The van der Waals surface area contributed by atoms with Gasteiger partial charge in [-0.1, -0.05) is 42.5 Å². The molecule has 4 rings (SSSR count). The molecule has 1 amide bonds. The maximum Gasteiger partial charge on any atom is 0.240 e. The van der Waals surface area contributed by atoms with E-state index in [-0.39, 0.29) is 18.4 Å². The van der Waals surface area contributed by atoms with Crippen molar-refractivity contribution >= 4 is 28.8 Å². The number of hydrogen-bond donors (Lipinski definition) is 3. The largest absolute Gasteiger partial charge is 0.339 e. The molecule has 0 unspecified atom stereocenters. The van der Waals surface area contributed by atoms with Crippen molar-refractivity contribution in [3.8, 4) is 6.07 Å². The van der Waals surface area contributed by atoms with Gasteiger partial charge in [0.2, 0.25) is 11.9 Å². The summed E-state index contributed by atoms with van der Waals surface area (Å²) in [6.45, 7) is 5.26. The number of carbonyl (C=O) groups excluding carboxylic acids is 1. The minimum atomic E-state index is -0.256. The fraction of sp³-hybridized carbons (Fsp3) is 0.200. The van der Waals surface area contributed by atoms with Crippen LogP contribution in [0.1, 0.15) is 23.7 Å². The van der Waals surface area contributed by atoms with Gasteiger partial charge in [0.15, 0.2) is 0 Å². The summed E-state index contributed by atoms with van der Waals surface area (Å²) in [5, 5.41) is 19.2. The van der Waals surface area contributed by atoms with Crippen molar-refractivity contribution in [1.82, 2.24) is 15.3 Å². The van der Waals surface area contributed by atoms with Gasteiger partial charge in [-0.05, 0) is 37.1 Å². The lowest BCUT2D eigenvalue weighted by Gasteiger charge is -2.19. The molecule has 1 aliphatic heterocycles. The monoisotopic (exact) mass is 439 g/mol. The Kier molecular flexibility index (Phi) is 6.62. The number of para-hydroxylation sites is 2. The number of benzene rings is 2. The Bertz CT molecular complexity index is 1230. The van der Waals surface area contributed by atoms with E-state index in [9.17, 15) is 10.1 Å². The maximum absolute atomic E-state index is 12.4. The molecule has 0 bridgehead atoms. The minimum absolute atomic E-state index is 0.119. The summed E-state index contributed by atoms with van der Waals surface area (Å²) in [4.78, 5) is 23.2. The zero-order chi connectivity index (χ0) is 23.2. The van der Waals surface area contributed by atoms with Gasteiger partial charge in [-0.3, -0.25) is 10.1 Å². The molecule has 0 fully saturated rings. The topological polar surface area (TPSA) is 106 Å². The van der Waals surface area contributed by atoms with Crippen LogP contribution in [0.25, 0.3) is 5.57 Å². The van der Waals surface area contributed by atoms with Crippen LogP contribution in [0.3, 0.4) is 0 Å². The van der Waals surface area contributed by atoms with Crippen LogP contribution in [0.15, 0.2) is 66.6 Å². The van der Waals surface area contributed by atoms with E-state index in [1.807, 2.05) is 73.3 Å². The van der Waals surface area contributed by atoms with Gasteiger partial charge in [0.25, 0.3) is 0 Å². The molecule has 0 radical (unpaired) electrons. The average molecular weight is 440 g/mol. The van der Waals surface area contributed by atoms with Gasteiger partial charge in [0, 0.05) is 19.3 Å². The first kappa shape index (κ1) is 22.0. The van der Waals surface area contributed by atoms with E-state index in [0.29, 0.717) is 30.2 Å². The second kappa shape index (κ2) is 9.94. The molecule has 166 valence electrons. The van der Waals surface area contributed by atoms with Gasteiger partial charge in [0.05, 0.1) is 23.6 Å².